The topological polar surface area (TPSA) is 155 Å². The lowest BCUT2D eigenvalue weighted by atomic mass is 9.96. The minimum atomic E-state index is -1.43. The Morgan fingerprint density at radius 1 is 0.712 bits per heavy atom. The number of ketones is 2. The summed E-state index contributed by atoms with van der Waals surface area (Å²) in [6.07, 6.45) is 0.964. The molecule has 0 saturated heterocycles. The van der Waals surface area contributed by atoms with E-state index in [4.69, 9.17) is 18.9 Å². The summed E-state index contributed by atoms with van der Waals surface area (Å²) < 4.78 is 23.7. The average molecular weight is 750 g/mol. The molecule has 0 spiro atoms. The molecule has 0 bridgehead atoms. The molecule has 0 saturated carbocycles. The fraction of sp³-hybridized carbons (Fsp3) is 0.650. The second kappa shape index (κ2) is 22.9. The highest BCUT2D eigenvalue weighted by molar-refractivity contribution is 8.00. The van der Waals surface area contributed by atoms with Gasteiger partial charge in [0.2, 0.25) is 5.12 Å². The number of hydrogen-bond acceptors (Lipinski definition) is 12. The summed E-state index contributed by atoms with van der Waals surface area (Å²) in [6, 6.07) is 14.1. The second-order valence-corrected chi connectivity index (χ2v) is 15.5. The van der Waals surface area contributed by atoms with Crippen LogP contribution in [0.4, 0.5) is 0 Å². The van der Waals surface area contributed by atoms with Gasteiger partial charge in [-0.15, -0.1) is 0 Å². The quantitative estimate of drug-likeness (QED) is 0.0542. The fourth-order valence-corrected chi connectivity index (χ4v) is 6.78. The number of carbonyl (C=O) groups is 2. The monoisotopic (exact) mass is 749 g/mol. The van der Waals surface area contributed by atoms with E-state index < -0.39 is 28.5 Å². The van der Waals surface area contributed by atoms with E-state index in [-0.39, 0.29) is 37.9 Å². The first-order valence-electron chi connectivity index (χ1n) is 18.4. The van der Waals surface area contributed by atoms with Gasteiger partial charge in [-0.05, 0) is 84.2 Å². The largest absolute Gasteiger partial charge is 0.389 e. The molecule has 294 valence electrons. The zero-order chi connectivity index (χ0) is 38.8. The Kier molecular flexibility index (Phi) is 20.2. The van der Waals surface area contributed by atoms with Crippen molar-refractivity contribution in [2.75, 3.05) is 65.0 Å². The molecule has 0 heterocycles. The smallest absolute Gasteiger partial charge is 0.218 e. The molecule has 2 atom stereocenters. The minimum Gasteiger partial charge on any atom is -0.389 e. The number of aliphatic hydroxyl groups excluding tert-OH is 2. The number of carbonyl (C=O) groups excluding carboxylic acids is 2. The Hall–Kier alpha value is -2.23. The molecule has 0 radical (unpaired) electrons. The van der Waals surface area contributed by atoms with Crippen LogP contribution >= 0.6 is 11.8 Å². The van der Waals surface area contributed by atoms with Crippen LogP contribution in [-0.2, 0) is 31.8 Å². The predicted octanol–water partition coefficient (Wildman–Crippen LogP) is 4.70. The first-order valence-corrected chi connectivity index (χ1v) is 19.4. The third-order valence-electron chi connectivity index (χ3n) is 8.22. The van der Waals surface area contributed by atoms with Gasteiger partial charge < -0.3 is 39.4 Å². The lowest BCUT2D eigenvalue weighted by Crippen LogP contribution is -2.42. The van der Waals surface area contributed by atoms with Crippen LogP contribution in [0.3, 0.4) is 0 Å². The first kappa shape index (κ1) is 45.9. The molecule has 2 aromatic rings. The molecule has 0 aliphatic carbocycles. The molecule has 2 aromatic carbocycles. The summed E-state index contributed by atoms with van der Waals surface area (Å²) >= 11 is 1.62. The Balaban J connectivity index is 1.92. The molecule has 0 amide bonds. The fourth-order valence-electron chi connectivity index (χ4n) is 5.65. The molecule has 0 aliphatic rings. The molecule has 12 heteroatoms. The molecule has 0 aliphatic heterocycles. The molecule has 0 fully saturated rings. The van der Waals surface area contributed by atoms with Crippen molar-refractivity contribution in [3.8, 4) is 0 Å². The summed E-state index contributed by atoms with van der Waals surface area (Å²) in [5, 5.41) is 41.1. The lowest BCUT2D eigenvalue weighted by molar-refractivity contribution is -0.170. The molecule has 2 rings (SSSR count). The summed E-state index contributed by atoms with van der Waals surface area (Å²) in [7, 11) is 0. The van der Waals surface area contributed by atoms with E-state index in [0.29, 0.717) is 69.8 Å². The summed E-state index contributed by atoms with van der Waals surface area (Å²) in [6.45, 7) is 15.0. The Bertz CT molecular complexity index is 1210. The van der Waals surface area contributed by atoms with Crippen molar-refractivity contribution in [1.29, 1.82) is 0 Å². The van der Waals surface area contributed by atoms with Gasteiger partial charge in [0.25, 0.3) is 0 Å². The highest BCUT2D eigenvalue weighted by Crippen LogP contribution is 2.33. The standard InChI is InChI=1S/C40H63NO10S/c1-8-50-40(51-9-2,52-10-3)22-11-23-41(26-34(42)28-48-24-20-30-12-16-32(17-13-30)36(44)38(4,5)46)27-35(43)29-49-25-21-31-14-18-33(19-15-31)37(45)39(6,7)47/h12-19,34-35,42-43,46-47H,8-11,20-29H2,1-7H3. The third kappa shape index (κ3) is 16.8. The van der Waals surface area contributed by atoms with Crippen molar-refractivity contribution < 1.29 is 49.0 Å². The summed E-state index contributed by atoms with van der Waals surface area (Å²) in [4.78, 5) is 26.6. The van der Waals surface area contributed by atoms with Crippen LogP contribution in [0.1, 0.15) is 93.2 Å². The molecule has 0 aromatic heterocycles. The number of rotatable bonds is 28. The minimum absolute atomic E-state index is 0.117. The maximum atomic E-state index is 12.3. The maximum Gasteiger partial charge on any atom is 0.218 e. The predicted molar refractivity (Wildman–Crippen MR) is 205 cm³/mol. The van der Waals surface area contributed by atoms with Crippen molar-refractivity contribution in [3.63, 3.8) is 0 Å². The van der Waals surface area contributed by atoms with Gasteiger partial charge in [0.05, 0.1) is 38.6 Å². The van der Waals surface area contributed by atoms with Crippen LogP contribution in [0.5, 0.6) is 0 Å². The van der Waals surface area contributed by atoms with E-state index in [2.05, 4.69) is 6.92 Å². The second-order valence-electron chi connectivity index (χ2n) is 14.0. The van der Waals surface area contributed by atoms with Crippen LogP contribution in [0.25, 0.3) is 0 Å². The number of ether oxygens (including phenoxy) is 4. The van der Waals surface area contributed by atoms with Crippen molar-refractivity contribution in [2.24, 2.45) is 0 Å². The van der Waals surface area contributed by atoms with Crippen LogP contribution in [-0.4, -0.2) is 130 Å². The van der Waals surface area contributed by atoms with Crippen LogP contribution in [0.15, 0.2) is 48.5 Å². The molecule has 2 unspecified atom stereocenters. The number of nitrogens with zero attached hydrogens (tertiary/aromatic N) is 1. The van der Waals surface area contributed by atoms with Gasteiger partial charge in [0.15, 0.2) is 11.6 Å². The number of Topliss-reactive ketones (excluding diaryl/α,β-unsaturated/α-hetero) is 2. The third-order valence-corrected chi connectivity index (χ3v) is 9.39. The summed E-state index contributed by atoms with van der Waals surface area (Å²) in [5.41, 5.74) is -0.0243. The number of hydrogen-bond donors (Lipinski definition) is 4. The van der Waals surface area contributed by atoms with Gasteiger partial charge in [-0.25, -0.2) is 0 Å². The molecular weight excluding hydrogens is 687 g/mol. The molecule has 11 nitrogen and oxygen atoms in total. The molecule has 52 heavy (non-hydrogen) atoms. The SMILES string of the molecule is CCOC(CCCN(CC(O)COCCc1ccc(C(=O)C(C)(C)O)cc1)CC(O)COCCc1ccc(C(=O)C(C)(C)O)cc1)(OCC)SCC. The van der Waals surface area contributed by atoms with Crippen LogP contribution in [0, 0.1) is 0 Å². The van der Waals surface area contributed by atoms with E-state index >= 15 is 0 Å². The normalized spacial score (nSPS) is 13.8. The molecular formula is C40H63NO10S. The van der Waals surface area contributed by atoms with E-state index in [1.165, 1.54) is 27.7 Å². The van der Waals surface area contributed by atoms with Gasteiger partial charge in [-0.1, -0.05) is 67.2 Å². The first-order chi connectivity index (χ1) is 24.5. The van der Waals surface area contributed by atoms with Crippen molar-refractivity contribution >= 4 is 23.3 Å². The zero-order valence-electron chi connectivity index (χ0n) is 32.3. The van der Waals surface area contributed by atoms with Crippen molar-refractivity contribution in [3.05, 3.63) is 70.8 Å². The number of aliphatic hydroxyl groups is 4. The van der Waals surface area contributed by atoms with E-state index in [1.807, 2.05) is 43.0 Å². The number of benzene rings is 2. The van der Waals surface area contributed by atoms with E-state index in [1.54, 1.807) is 36.0 Å². The highest BCUT2D eigenvalue weighted by Gasteiger charge is 2.32. The average Bonchev–Trinajstić information content (AvgIpc) is 3.08. The molecule has 4 N–H and O–H groups in total. The Labute approximate surface area is 315 Å². The van der Waals surface area contributed by atoms with Crippen molar-refractivity contribution in [1.82, 2.24) is 4.90 Å². The number of thioether (sulfide) groups is 1. The zero-order valence-corrected chi connectivity index (χ0v) is 33.1. The van der Waals surface area contributed by atoms with Gasteiger partial charge in [-0.2, -0.15) is 0 Å². The van der Waals surface area contributed by atoms with Gasteiger partial charge in [-0.3, -0.25) is 14.5 Å². The Morgan fingerprint density at radius 3 is 1.46 bits per heavy atom. The maximum absolute atomic E-state index is 12.3. The van der Waals surface area contributed by atoms with E-state index in [9.17, 15) is 30.0 Å². The Morgan fingerprint density at radius 2 is 1.12 bits per heavy atom. The van der Waals surface area contributed by atoms with Gasteiger partial charge in [0, 0.05) is 43.9 Å². The highest BCUT2D eigenvalue weighted by atomic mass is 32.2. The van der Waals surface area contributed by atoms with Crippen LogP contribution in [0.2, 0.25) is 0 Å². The van der Waals surface area contributed by atoms with E-state index in [0.717, 1.165) is 16.9 Å². The van der Waals surface area contributed by atoms with Crippen molar-refractivity contribution in [2.45, 2.75) is 103 Å². The summed E-state index contributed by atoms with van der Waals surface area (Å²) in [5.74, 6) is 0.160. The van der Waals surface area contributed by atoms with Gasteiger partial charge >= 0.3 is 0 Å². The van der Waals surface area contributed by atoms with Crippen LogP contribution < -0.4 is 0 Å². The lowest BCUT2D eigenvalue weighted by Gasteiger charge is -2.33. The van der Waals surface area contributed by atoms with Gasteiger partial charge in [0.1, 0.15) is 11.2 Å².